The topological polar surface area (TPSA) is 88.0 Å². The number of nitrogens with zero attached hydrogens (tertiary/aromatic N) is 2. The summed E-state index contributed by atoms with van der Waals surface area (Å²) in [5.41, 5.74) is 2.07. The van der Waals surface area contributed by atoms with Crippen molar-refractivity contribution in [3.8, 4) is 17.4 Å². The number of hydrogen-bond donors (Lipinski definition) is 3. The first-order valence-corrected chi connectivity index (χ1v) is 11.3. The molecule has 34 heavy (non-hydrogen) atoms. The van der Waals surface area contributed by atoms with Crippen LogP contribution in [0.25, 0.3) is 0 Å². The molecule has 7 nitrogen and oxygen atoms in total. The minimum absolute atomic E-state index is 0. The van der Waals surface area contributed by atoms with Gasteiger partial charge in [-0.2, -0.15) is 0 Å². The largest absolute Gasteiger partial charge is 0.494 e. The van der Waals surface area contributed by atoms with Crippen LogP contribution < -0.4 is 20.1 Å². The number of rotatable bonds is 11. The Morgan fingerprint density at radius 3 is 2.41 bits per heavy atom. The van der Waals surface area contributed by atoms with Crippen molar-refractivity contribution >= 4 is 29.9 Å². The number of benzene rings is 2. The normalized spacial score (nSPS) is 11.8. The fourth-order valence-electron chi connectivity index (χ4n) is 3.24. The van der Waals surface area contributed by atoms with Crippen LogP contribution in [0.5, 0.6) is 17.4 Å². The Kier molecular flexibility index (Phi) is 12.2. The fourth-order valence-corrected chi connectivity index (χ4v) is 3.24. The summed E-state index contributed by atoms with van der Waals surface area (Å²) < 4.78 is 11.3. The van der Waals surface area contributed by atoms with E-state index in [9.17, 15) is 5.11 Å². The van der Waals surface area contributed by atoms with Crippen molar-refractivity contribution in [2.45, 2.75) is 26.3 Å². The number of ether oxygens (including phenoxy) is 2. The number of hydrogen-bond acceptors (Lipinski definition) is 5. The second-order valence-corrected chi connectivity index (χ2v) is 7.38. The lowest BCUT2D eigenvalue weighted by Crippen LogP contribution is -2.39. The average molecular weight is 576 g/mol. The summed E-state index contributed by atoms with van der Waals surface area (Å²) in [6.07, 6.45) is 1.71. The van der Waals surface area contributed by atoms with E-state index < -0.39 is 0 Å². The van der Waals surface area contributed by atoms with E-state index in [-0.39, 0.29) is 36.5 Å². The summed E-state index contributed by atoms with van der Waals surface area (Å²) >= 11 is 0. The zero-order valence-electron chi connectivity index (χ0n) is 19.6. The Bertz CT molecular complexity index is 1000. The molecule has 2 aromatic carbocycles. The van der Waals surface area contributed by atoms with Gasteiger partial charge in [-0.3, -0.25) is 0 Å². The summed E-state index contributed by atoms with van der Waals surface area (Å²) in [6, 6.07) is 21.2. The number of aliphatic hydroxyl groups is 1. The molecule has 3 rings (SSSR count). The molecule has 8 heteroatoms. The summed E-state index contributed by atoms with van der Waals surface area (Å²) in [4.78, 5) is 8.98. The Morgan fingerprint density at radius 1 is 1.00 bits per heavy atom. The summed E-state index contributed by atoms with van der Waals surface area (Å²) in [6.45, 7) is 6.44. The first kappa shape index (κ1) is 27.4. The summed E-state index contributed by atoms with van der Waals surface area (Å²) in [5.74, 6) is 2.69. The van der Waals surface area contributed by atoms with Crippen molar-refractivity contribution in [1.29, 1.82) is 0 Å². The van der Waals surface area contributed by atoms with Crippen molar-refractivity contribution < 1.29 is 14.6 Å². The highest BCUT2D eigenvalue weighted by Gasteiger charge is 2.11. The van der Waals surface area contributed by atoms with E-state index in [4.69, 9.17) is 9.47 Å². The molecule has 0 radical (unpaired) electrons. The molecule has 0 fully saturated rings. The van der Waals surface area contributed by atoms with Gasteiger partial charge in [0.2, 0.25) is 5.88 Å². The monoisotopic (exact) mass is 576 g/mol. The van der Waals surface area contributed by atoms with Crippen LogP contribution in [0.4, 0.5) is 0 Å². The van der Waals surface area contributed by atoms with E-state index >= 15 is 0 Å². The lowest BCUT2D eigenvalue weighted by molar-refractivity contribution is 0.265. The van der Waals surface area contributed by atoms with Gasteiger partial charge >= 0.3 is 0 Å². The van der Waals surface area contributed by atoms with Crippen LogP contribution in [0.15, 0.2) is 77.9 Å². The van der Waals surface area contributed by atoms with Gasteiger partial charge in [0.15, 0.2) is 5.96 Å². The molecule has 0 spiro atoms. The standard InChI is InChI=1S/C26H32N4O3.HI/c1-3-27-26(30-18-22(19-31)21-8-6-5-7-9-21)29-17-20-14-15-28-25(16-20)33-24-12-10-23(11-13-24)32-4-2;/h5-16,22,31H,3-4,17-19H2,1-2H3,(H2,27,29,30);1H. The molecule has 0 saturated heterocycles. The van der Waals surface area contributed by atoms with E-state index in [2.05, 4.69) is 20.6 Å². The SMILES string of the molecule is CCNC(=NCc1ccnc(Oc2ccc(OCC)cc2)c1)NCC(CO)c1ccccc1.I. The molecule has 3 aromatic rings. The van der Waals surface area contributed by atoms with Gasteiger partial charge in [0.25, 0.3) is 0 Å². The molecule has 0 aliphatic heterocycles. The number of aliphatic imine (C=N–C) groups is 1. The quantitative estimate of drug-likeness (QED) is 0.174. The molecule has 1 heterocycles. The molecule has 1 unspecified atom stereocenters. The van der Waals surface area contributed by atoms with Gasteiger partial charge in [-0.15, -0.1) is 24.0 Å². The van der Waals surface area contributed by atoms with Gasteiger partial charge < -0.3 is 25.2 Å². The fraction of sp³-hybridized carbons (Fsp3) is 0.308. The van der Waals surface area contributed by atoms with Gasteiger partial charge in [-0.25, -0.2) is 9.98 Å². The molecule has 1 atom stereocenters. The first-order chi connectivity index (χ1) is 16.2. The van der Waals surface area contributed by atoms with Crippen molar-refractivity contribution in [2.75, 3.05) is 26.3 Å². The van der Waals surface area contributed by atoms with Crippen LogP contribution in [0.2, 0.25) is 0 Å². The molecular weight excluding hydrogens is 543 g/mol. The summed E-state index contributed by atoms with van der Waals surface area (Å²) in [5, 5.41) is 16.4. The molecule has 0 aliphatic carbocycles. The zero-order chi connectivity index (χ0) is 23.3. The molecule has 0 bridgehead atoms. The average Bonchev–Trinajstić information content (AvgIpc) is 2.85. The van der Waals surface area contributed by atoms with E-state index in [0.29, 0.717) is 37.3 Å². The predicted molar refractivity (Wildman–Crippen MR) is 146 cm³/mol. The Balaban J connectivity index is 0.00000408. The molecule has 0 aliphatic rings. The second kappa shape index (κ2) is 15.1. The van der Waals surface area contributed by atoms with Crippen LogP contribution in [0, 0.1) is 0 Å². The van der Waals surface area contributed by atoms with Crippen molar-refractivity contribution in [1.82, 2.24) is 15.6 Å². The van der Waals surface area contributed by atoms with Crippen LogP contribution in [0.1, 0.15) is 30.9 Å². The van der Waals surface area contributed by atoms with Crippen LogP contribution >= 0.6 is 24.0 Å². The van der Waals surface area contributed by atoms with E-state index in [0.717, 1.165) is 23.4 Å². The molecule has 0 amide bonds. The number of pyridine rings is 1. The highest BCUT2D eigenvalue weighted by Crippen LogP contribution is 2.23. The number of guanidine groups is 1. The molecule has 1 aromatic heterocycles. The Morgan fingerprint density at radius 2 is 1.74 bits per heavy atom. The van der Waals surface area contributed by atoms with Gasteiger partial charge in [0.05, 0.1) is 19.8 Å². The third kappa shape index (κ3) is 8.83. The molecule has 182 valence electrons. The van der Waals surface area contributed by atoms with Crippen LogP contribution in [-0.4, -0.2) is 42.4 Å². The molecule has 3 N–H and O–H groups in total. The van der Waals surface area contributed by atoms with Crippen LogP contribution in [0.3, 0.4) is 0 Å². The zero-order valence-corrected chi connectivity index (χ0v) is 21.9. The van der Waals surface area contributed by atoms with Crippen molar-refractivity contribution in [3.63, 3.8) is 0 Å². The Labute approximate surface area is 218 Å². The van der Waals surface area contributed by atoms with Crippen molar-refractivity contribution in [3.05, 3.63) is 84.1 Å². The third-order valence-electron chi connectivity index (χ3n) is 4.93. The highest BCUT2D eigenvalue weighted by atomic mass is 127. The smallest absolute Gasteiger partial charge is 0.219 e. The van der Waals surface area contributed by atoms with E-state index in [1.807, 2.05) is 80.6 Å². The lowest BCUT2D eigenvalue weighted by atomic mass is 10.0. The second-order valence-electron chi connectivity index (χ2n) is 7.38. The molecular formula is C26H33IN4O3. The van der Waals surface area contributed by atoms with Gasteiger partial charge in [0.1, 0.15) is 11.5 Å². The van der Waals surface area contributed by atoms with Gasteiger partial charge in [-0.05, 0) is 55.3 Å². The number of nitrogens with one attached hydrogen (secondary N) is 2. The number of halogens is 1. The molecule has 0 saturated carbocycles. The minimum Gasteiger partial charge on any atom is -0.494 e. The predicted octanol–water partition coefficient (Wildman–Crippen LogP) is 4.72. The van der Waals surface area contributed by atoms with E-state index in [1.165, 1.54) is 0 Å². The third-order valence-corrected chi connectivity index (χ3v) is 4.93. The van der Waals surface area contributed by atoms with E-state index in [1.54, 1.807) is 6.20 Å². The van der Waals surface area contributed by atoms with Gasteiger partial charge in [0, 0.05) is 31.3 Å². The maximum absolute atomic E-state index is 9.80. The van der Waals surface area contributed by atoms with Crippen molar-refractivity contribution in [2.24, 2.45) is 4.99 Å². The maximum atomic E-state index is 9.80. The number of aliphatic hydroxyl groups excluding tert-OH is 1. The Hall–Kier alpha value is -2.85. The minimum atomic E-state index is -0.00917. The first-order valence-electron chi connectivity index (χ1n) is 11.3. The van der Waals surface area contributed by atoms with Gasteiger partial charge in [-0.1, -0.05) is 30.3 Å². The highest BCUT2D eigenvalue weighted by molar-refractivity contribution is 14.0. The lowest BCUT2D eigenvalue weighted by Gasteiger charge is -2.18. The summed E-state index contributed by atoms with van der Waals surface area (Å²) in [7, 11) is 0. The number of aromatic nitrogens is 1. The maximum Gasteiger partial charge on any atom is 0.219 e. The van der Waals surface area contributed by atoms with Crippen LogP contribution in [-0.2, 0) is 6.54 Å².